The van der Waals surface area contributed by atoms with Crippen LogP contribution in [0.15, 0.2) is 45.8 Å². The Hall–Kier alpha value is -1.73. The zero-order valence-corrected chi connectivity index (χ0v) is 16.7. The van der Waals surface area contributed by atoms with Gasteiger partial charge >= 0.3 is 0 Å². The van der Waals surface area contributed by atoms with E-state index in [-0.39, 0.29) is 10.4 Å². The van der Waals surface area contributed by atoms with Crippen molar-refractivity contribution in [2.75, 3.05) is 19.0 Å². The van der Waals surface area contributed by atoms with Crippen molar-refractivity contribution in [1.82, 2.24) is 14.5 Å². The summed E-state index contributed by atoms with van der Waals surface area (Å²) in [6, 6.07) is 9.52. The molecular formula is C17H16Br2N4O. The van der Waals surface area contributed by atoms with Crippen LogP contribution >= 0.6 is 31.9 Å². The predicted octanol–water partition coefficient (Wildman–Crippen LogP) is 4.07. The molecule has 0 fully saturated rings. The summed E-state index contributed by atoms with van der Waals surface area (Å²) in [5, 5.41) is 0.495. The molecule has 1 unspecified atom stereocenters. The van der Waals surface area contributed by atoms with E-state index in [4.69, 9.17) is 0 Å². The van der Waals surface area contributed by atoms with Gasteiger partial charge in [-0.25, -0.2) is 9.97 Å². The second-order valence-electron chi connectivity index (χ2n) is 5.61. The topological polar surface area (TPSA) is 51.0 Å². The molecule has 0 aliphatic rings. The summed E-state index contributed by atoms with van der Waals surface area (Å²) in [7, 11) is 3.79. The van der Waals surface area contributed by atoms with Crippen LogP contribution < -0.4 is 10.5 Å². The van der Waals surface area contributed by atoms with Crippen molar-refractivity contribution in [3.8, 4) is 5.69 Å². The molecule has 1 atom stereocenters. The molecule has 2 heterocycles. The number of aromatic nitrogens is 3. The van der Waals surface area contributed by atoms with E-state index in [1.54, 1.807) is 10.8 Å². The molecule has 0 spiro atoms. The highest BCUT2D eigenvalue weighted by atomic mass is 79.9. The summed E-state index contributed by atoms with van der Waals surface area (Å²) in [5.41, 5.74) is 1.87. The van der Waals surface area contributed by atoms with Gasteiger partial charge in [0, 0.05) is 20.3 Å². The third-order valence-corrected chi connectivity index (χ3v) is 4.66. The number of fused-ring (bicyclic) bond motifs is 1. The minimum atomic E-state index is -0.134. The molecule has 0 aliphatic heterocycles. The van der Waals surface area contributed by atoms with Gasteiger partial charge in [-0.15, -0.1) is 0 Å². The lowest BCUT2D eigenvalue weighted by molar-refractivity contribution is 0.823. The highest BCUT2D eigenvalue weighted by Crippen LogP contribution is 2.31. The second kappa shape index (κ2) is 6.64. The summed E-state index contributed by atoms with van der Waals surface area (Å²) in [6.07, 6.45) is 1.68. The van der Waals surface area contributed by atoms with Crippen molar-refractivity contribution in [1.29, 1.82) is 0 Å². The number of halogens is 2. The smallest absolute Gasteiger partial charge is 0.269 e. The number of alkyl halides is 1. The van der Waals surface area contributed by atoms with Gasteiger partial charge in [0.2, 0.25) is 0 Å². The van der Waals surface area contributed by atoms with Gasteiger partial charge in [0.25, 0.3) is 5.56 Å². The largest absolute Gasteiger partial charge is 0.376 e. The van der Waals surface area contributed by atoms with E-state index in [0.29, 0.717) is 16.9 Å². The maximum Gasteiger partial charge on any atom is 0.269 e. The highest BCUT2D eigenvalue weighted by Gasteiger charge is 2.21. The highest BCUT2D eigenvalue weighted by molar-refractivity contribution is 9.10. The molecule has 2 aromatic heterocycles. The fraction of sp³-hybridized carbons (Fsp3) is 0.235. The molecule has 0 amide bonds. The Bertz CT molecular complexity index is 952. The molecular weight excluding hydrogens is 436 g/mol. The predicted molar refractivity (Wildman–Crippen MR) is 105 cm³/mol. The van der Waals surface area contributed by atoms with E-state index >= 15 is 0 Å². The number of pyridine rings is 1. The molecule has 0 N–H and O–H groups in total. The third kappa shape index (κ3) is 2.86. The van der Waals surface area contributed by atoms with Crippen molar-refractivity contribution in [3.05, 3.63) is 57.2 Å². The first-order valence-electron chi connectivity index (χ1n) is 7.39. The Morgan fingerprint density at radius 1 is 1.21 bits per heavy atom. The van der Waals surface area contributed by atoms with Crippen molar-refractivity contribution in [3.63, 3.8) is 0 Å². The van der Waals surface area contributed by atoms with Gasteiger partial charge in [-0.3, -0.25) is 9.36 Å². The number of anilines is 1. The maximum absolute atomic E-state index is 13.3. The maximum atomic E-state index is 13.3. The van der Waals surface area contributed by atoms with Gasteiger partial charge in [-0.1, -0.05) is 34.1 Å². The second-order valence-corrected chi connectivity index (χ2v) is 7.84. The zero-order valence-electron chi connectivity index (χ0n) is 13.5. The Kier molecular flexibility index (Phi) is 4.73. The van der Waals surface area contributed by atoms with Crippen LogP contribution in [-0.2, 0) is 0 Å². The summed E-state index contributed by atoms with van der Waals surface area (Å²) in [6.45, 7) is 1.94. The summed E-state index contributed by atoms with van der Waals surface area (Å²) >= 11 is 7.03. The van der Waals surface area contributed by atoms with Gasteiger partial charge in [-0.2, -0.15) is 0 Å². The first kappa shape index (κ1) is 17.1. The van der Waals surface area contributed by atoms with E-state index in [2.05, 4.69) is 41.8 Å². The Balaban J connectivity index is 2.50. The van der Waals surface area contributed by atoms with Crippen LogP contribution in [0.5, 0.6) is 0 Å². The SMILES string of the molecule is CC(Br)c1nc2ncc(Br)c(N(C)C)c2c(=O)n1-c1ccccc1. The number of benzene rings is 1. The molecule has 7 heteroatoms. The van der Waals surface area contributed by atoms with E-state index < -0.39 is 0 Å². The van der Waals surface area contributed by atoms with Crippen molar-refractivity contribution in [2.24, 2.45) is 0 Å². The lowest BCUT2D eigenvalue weighted by atomic mass is 10.2. The quantitative estimate of drug-likeness (QED) is 0.563. The fourth-order valence-corrected chi connectivity index (χ4v) is 3.62. The van der Waals surface area contributed by atoms with Crippen LogP contribution in [0.2, 0.25) is 0 Å². The van der Waals surface area contributed by atoms with Crippen molar-refractivity contribution < 1.29 is 0 Å². The van der Waals surface area contributed by atoms with Gasteiger partial charge in [0.15, 0.2) is 5.65 Å². The van der Waals surface area contributed by atoms with Crippen molar-refractivity contribution in [2.45, 2.75) is 11.8 Å². The van der Waals surface area contributed by atoms with Crippen LogP contribution in [0.1, 0.15) is 17.6 Å². The first-order chi connectivity index (χ1) is 11.4. The molecule has 0 aliphatic carbocycles. The average molecular weight is 452 g/mol. The Morgan fingerprint density at radius 2 is 1.88 bits per heavy atom. The van der Waals surface area contributed by atoms with Crippen LogP contribution in [0.3, 0.4) is 0 Å². The monoisotopic (exact) mass is 450 g/mol. The molecule has 3 aromatic rings. The van der Waals surface area contributed by atoms with Crippen LogP contribution in [-0.4, -0.2) is 28.6 Å². The summed E-state index contributed by atoms with van der Waals surface area (Å²) in [5.74, 6) is 0.623. The summed E-state index contributed by atoms with van der Waals surface area (Å²) < 4.78 is 2.40. The molecule has 0 bridgehead atoms. The summed E-state index contributed by atoms with van der Waals surface area (Å²) in [4.78, 5) is 24.1. The molecule has 124 valence electrons. The molecule has 1 aromatic carbocycles. The molecule has 0 saturated carbocycles. The molecule has 3 rings (SSSR count). The van der Waals surface area contributed by atoms with Crippen LogP contribution in [0, 0.1) is 0 Å². The van der Waals surface area contributed by atoms with Gasteiger partial charge in [-0.05, 0) is 35.0 Å². The molecule has 5 nitrogen and oxygen atoms in total. The lowest BCUT2D eigenvalue weighted by Crippen LogP contribution is -2.26. The van der Waals surface area contributed by atoms with Gasteiger partial charge in [0.1, 0.15) is 11.2 Å². The van der Waals surface area contributed by atoms with Gasteiger partial charge in [0.05, 0.1) is 20.7 Å². The molecule has 24 heavy (non-hydrogen) atoms. The van der Waals surface area contributed by atoms with Crippen LogP contribution in [0.4, 0.5) is 5.69 Å². The average Bonchev–Trinajstić information content (AvgIpc) is 2.55. The first-order valence-corrected chi connectivity index (χ1v) is 9.10. The number of hydrogen-bond donors (Lipinski definition) is 0. The van der Waals surface area contributed by atoms with E-state index in [9.17, 15) is 4.79 Å². The zero-order chi connectivity index (χ0) is 17.4. The van der Waals surface area contributed by atoms with E-state index in [1.807, 2.05) is 56.3 Å². The third-order valence-electron chi connectivity index (χ3n) is 3.67. The number of nitrogens with zero attached hydrogens (tertiary/aromatic N) is 4. The molecule has 0 radical (unpaired) electrons. The van der Waals surface area contributed by atoms with Gasteiger partial charge < -0.3 is 4.90 Å². The number of para-hydroxylation sites is 1. The minimum absolute atomic E-state index is 0.0944. The number of hydrogen-bond acceptors (Lipinski definition) is 4. The fourth-order valence-electron chi connectivity index (χ4n) is 2.66. The minimum Gasteiger partial charge on any atom is -0.376 e. The lowest BCUT2D eigenvalue weighted by Gasteiger charge is -2.19. The normalized spacial score (nSPS) is 12.4. The standard InChI is InChI=1S/C17H16Br2N4O/c1-10(18)16-21-15-13(14(22(2)3)12(19)9-20-15)17(24)23(16)11-7-5-4-6-8-11/h4-10H,1-3H3. The van der Waals surface area contributed by atoms with E-state index in [1.165, 1.54) is 0 Å². The molecule has 0 saturated heterocycles. The Morgan fingerprint density at radius 3 is 2.46 bits per heavy atom. The van der Waals surface area contributed by atoms with Crippen LogP contribution in [0.25, 0.3) is 16.7 Å². The van der Waals surface area contributed by atoms with E-state index in [0.717, 1.165) is 15.8 Å². The Labute approximate surface area is 156 Å². The van der Waals surface area contributed by atoms with Crippen molar-refractivity contribution >= 4 is 48.6 Å². The number of rotatable bonds is 3.